The van der Waals surface area contributed by atoms with Crippen LogP contribution in [0.4, 0.5) is 8.78 Å². The third kappa shape index (κ3) is 1.76. The molecule has 0 unspecified atom stereocenters. The summed E-state index contributed by atoms with van der Waals surface area (Å²) in [4.78, 5) is 7.22. The van der Waals surface area contributed by atoms with Crippen LogP contribution in [-0.2, 0) is 0 Å². The number of benzene rings is 1. The molecule has 1 N–H and O–H groups in total. The number of aromatic amines is 1. The van der Waals surface area contributed by atoms with Gasteiger partial charge in [-0.05, 0) is 18.2 Å². The van der Waals surface area contributed by atoms with E-state index in [0.29, 0.717) is 16.9 Å². The summed E-state index contributed by atoms with van der Waals surface area (Å²) in [5.74, 6) is 0. The van der Waals surface area contributed by atoms with E-state index in [4.69, 9.17) is 0 Å². The Balaban J connectivity index is 2.20. The molecule has 0 amide bonds. The highest BCUT2D eigenvalue weighted by molar-refractivity contribution is 5.83. The van der Waals surface area contributed by atoms with Crippen LogP contribution in [0, 0.1) is 0 Å². The average Bonchev–Trinajstić information content (AvgIpc) is 2.82. The van der Waals surface area contributed by atoms with Crippen LogP contribution in [0.2, 0.25) is 0 Å². The third-order valence-corrected chi connectivity index (χ3v) is 2.88. The van der Waals surface area contributed by atoms with Gasteiger partial charge in [-0.15, -0.1) is 0 Å². The number of nitrogens with zero attached hydrogens (tertiary/aromatic N) is 1. The zero-order valence-corrected chi connectivity index (χ0v) is 9.40. The summed E-state index contributed by atoms with van der Waals surface area (Å²) in [5.41, 5.74) is 1.92. The molecule has 0 bridgehead atoms. The van der Waals surface area contributed by atoms with Crippen molar-refractivity contribution >= 4 is 11.0 Å². The average molecular weight is 244 g/mol. The first-order valence-corrected chi connectivity index (χ1v) is 5.57. The first-order valence-electron chi connectivity index (χ1n) is 5.57. The first kappa shape index (κ1) is 10.9. The summed E-state index contributed by atoms with van der Waals surface area (Å²) in [6, 6.07) is 12.0. The number of nitrogens with one attached hydrogen (secondary N) is 1. The van der Waals surface area contributed by atoms with Crippen LogP contribution in [0.1, 0.15) is 12.0 Å². The number of fused-ring (bicyclic) bond motifs is 1. The maximum absolute atomic E-state index is 12.9. The highest BCUT2D eigenvalue weighted by Gasteiger charge is 2.14. The van der Waals surface area contributed by atoms with Gasteiger partial charge in [0.25, 0.3) is 6.43 Å². The van der Waals surface area contributed by atoms with E-state index < -0.39 is 6.43 Å². The van der Waals surface area contributed by atoms with Crippen LogP contribution in [0.3, 0.4) is 0 Å². The monoisotopic (exact) mass is 244 g/mol. The molecular formula is C14H10F2N2. The van der Waals surface area contributed by atoms with Crippen molar-refractivity contribution in [3.8, 4) is 11.3 Å². The summed E-state index contributed by atoms with van der Waals surface area (Å²) >= 11 is 0. The minimum absolute atomic E-state index is 0.0315. The van der Waals surface area contributed by atoms with E-state index in [9.17, 15) is 8.78 Å². The van der Waals surface area contributed by atoms with Crippen molar-refractivity contribution in [2.75, 3.05) is 0 Å². The van der Waals surface area contributed by atoms with Crippen LogP contribution in [0.15, 0.2) is 48.7 Å². The van der Waals surface area contributed by atoms with Crippen molar-refractivity contribution in [3.05, 3.63) is 54.2 Å². The molecule has 0 radical (unpaired) electrons. The van der Waals surface area contributed by atoms with Crippen molar-refractivity contribution in [2.24, 2.45) is 0 Å². The lowest BCUT2D eigenvalue weighted by atomic mass is 10.1. The van der Waals surface area contributed by atoms with Crippen LogP contribution in [-0.4, -0.2) is 9.97 Å². The molecule has 0 spiro atoms. The van der Waals surface area contributed by atoms with Gasteiger partial charge in [0, 0.05) is 28.4 Å². The normalized spacial score (nSPS) is 11.3. The third-order valence-electron chi connectivity index (χ3n) is 2.88. The minimum Gasteiger partial charge on any atom is -0.339 e. The van der Waals surface area contributed by atoms with E-state index in [1.807, 2.05) is 18.2 Å². The second-order valence-corrected chi connectivity index (χ2v) is 4.01. The Bertz CT molecular complexity index is 656. The molecule has 90 valence electrons. The fourth-order valence-corrected chi connectivity index (χ4v) is 2.04. The van der Waals surface area contributed by atoms with Crippen LogP contribution < -0.4 is 0 Å². The van der Waals surface area contributed by atoms with Gasteiger partial charge in [0.05, 0.1) is 0 Å². The number of pyridine rings is 1. The standard InChI is InChI=1S/C14H10F2N2/c15-13(16)11-6-2-1-5-10(11)12-8-9-4-3-7-17-14(9)18-12/h1-8,13H,(H,17,18). The zero-order valence-electron chi connectivity index (χ0n) is 9.40. The van der Waals surface area contributed by atoms with Crippen LogP contribution >= 0.6 is 0 Å². The lowest BCUT2D eigenvalue weighted by molar-refractivity contribution is 0.152. The van der Waals surface area contributed by atoms with Gasteiger partial charge in [-0.2, -0.15) is 0 Å². The first-order chi connectivity index (χ1) is 8.75. The van der Waals surface area contributed by atoms with Gasteiger partial charge >= 0.3 is 0 Å². The SMILES string of the molecule is FC(F)c1ccccc1-c1cc2cccnc2[nH]1. The summed E-state index contributed by atoms with van der Waals surface area (Å²) < 4.78 is 25.9. The van der Waals surface area contributed by atoms with Gasteiger partial charge in [0.1, 0.15) is 5.65 Å². The maximum atomic E-state index is 12.9. The van der Waals surface area contributed by atoms with Gasteiger partial charge in [-0.3, -0.25) is 0 Å². The molecule has 0 saturated carbocycles. The highest BCUT2D eigenvalue weighted by atomic mass is 19.3. The Labute approximate surface area is 102 Å². The number of aromatic nitrogens is 2. The Morgan fingerprint density at radius 1 is 1.06 bits per heavy atom. The second-order valence-electron chi connectivity index (χ2n) is 4.01. The molecule has 0 atom stereocenters. The Morgan fingerprint density at radius 3 is 2.67 bits per heavy atom. The zero-order chi connectivity index (χ0) is 12.5. The molecule has 0 aliphatic rings. The molecule has 0 aliphatic carbocycles. The maximum Gasteiger partial charge on any atom is 0.264 e. The number of alkyl halides is 2. The molecule has 3 aromatic rings. The van der Waals surface area contributed by atoms with E-state index in [0.717, 1.165) is 5.39 Å². The van der Waals surface area contributed by atoms with Gasteiger partial charge in [-0.1, -0.05) is 24.3 Å². The number of hydrogen-bond donors (Lipinski definition) is 1. The number of hydrogen-bond acceptors (Lipinski definition) is 1. The molecule has 2 aromatic heterocycles. The molecule has 0 saturated heterocycles. The van der Waals surface area contributed by atoms with Gasteiger partial charge < -0.3 is 4.98 Å². The van der Waals surface area contributed by atoms with E-state index in [1.54, 1.807) is 24.4 Å². The Hall–Kier alpha value is -2.23. The quantitative estimate of drug-likeness (QED) is 0.720. The predicted octanol–water partition coefficient (Wildman–Crippen LogP) is 4.17. The molecular weight excluding hydrogens is 234 g/mol. The second kappa shape index (κ2) is 4.22. The van der Waals surface area contributed by atoms with Gasteiger partial charge in [0.2, 0.25) is 0 Å². The summed E-state index contributed by atoms with van der Waals surface area (Å²) in [5, 5.41) is 0.913. The van der Waals surface area contributed by atoms with Gasteiger partial charge in [0.15, 0.2) is 0 Å². The molecule has 1 aromatic carbocycles. The molecule has 2 nitrogen and oxygen atoms in total. The van der Waals surface area contributed by atoms with Crippen molar-refractivity contribution < 1.29 is 8.78 Å². The van der Waals surface area contributed by atoms with Crippen molar-refractivity contribution in [3.63, 3.8) is 0 Å². The van der Waals surface area contributed by atoms with Crippen LogP contribution in [0.25, 0.3) is 22.3 Å². The molecule has 4 heteroatoms. The number of halogens is 2. The highest BCUT2D eigenvalue weighted by Crippen LogP contribution is 2.31. The summed E-state index contributed by atoms with van der Waals surface area (Å²) in [6.45, 7) is 0. The Morgan fingerprint density at radius 2 is 1.89 bits per heavy atom. The van der Waals surface area contributed by atoms with Crippen LogP contribution in [0.5, 0.6) is 0 Å². The molecule has 18 heavy (non-hydrogen) atoms. The van der Waals surface area contributed by atoms with Crippen molar-refractivity contribution in [2.45, 2.75) is 6.43 Å². The van der Waals surface area contributed by atoms with E-state index in [-0.39, 0.29) is 5.56 Å². The van der Waals surface area contributed by atoms with E-state index in [1.165, 1.54) is 6.07 Å². The number of H-pyrrole nitrogens is 1. The number of rotatable bonds is 2. The summed E-state index contributed by atoms with van der Waals surface area (Å²) in [7, 11) is 0. The lowest BCUT2D eigenvalue weighted by Gasteiger charge is -2.06. The van der Waals surface area contributed by atoms with Gasteiger partial charge in [-0.25, -0.2) is 13.8 Å². The van der Waals surface area contributed by atoms with E-state index in [2.05, 4.69) is 9.97 Å². The minimum atomic E-state index is -2.49. The fourth-order valence-electron chi connectivity index (χ4n) is 2.04. The van der Waals surface area contributed by atoms with Crippen molar-refractivity contribution in [1.82, 2.24) is 9.97 Å². The summed E-state index contributed by atoms with van der Waals surface area (Å²) in [6.07, 6.45) is -0.817. The predicted molar refractivity (Wildman–Crippen MR) is 66.5 cm³/mol. The smallest absolute Gasteiger partial charge is 0.264 e. The largest absolute Gasteiger partial charge is 0.339 e. The molecule has 0 aliphatic heterocycles. The van der Waals surface area contributed by atoms with Crippen molar-refractivity contribution in [1.29, 1.82) is 0 Å². The molecule has 0 fully saturated rings. The molecule has 2 heterocycles. The molecule has 3 rings (SSSR count). The topological polar surface area (TPSA) is 28.7 Å². The fraction of sp³-hybridized carbons (Fsp3) is 0.0714. The Kier molecular flexibility index (Phi) is 2.55. The lowest BCUT2D eigenvalue weighted by Crippen LogP contribution is -1.89. The van der Waals surface area contributed by atoms with E-state index >= 15 is 0 Å².